The van der Waals surface area contributed by atoms with Gasteiger partial charge in [-0.3, -0.25) is 4.79 Å². The predicted octanol–water partition coefficient (Wildman–Crippen LogP) is 4.68. The molecule has 4 rings (SSSR count). The molecule has 7 heteroatoms. The molecule has 1 N–H and O–H groups in total. The Kier molecular flexibility index (Phi) is 6.04. The third-order valence-electron chi connectivity index (χ3n) is 5.38. The molecule has 2 aromatic carbocycles. The largest absolute Gasteiger partial charge is 0.325 e. The summed E-state index contributed by atoms with van der Waals surface area (Å²) in [6.07, 6.45) is 0.794. The Bertz CT molecular complexity index is 1250. The standard InChI is InChI=1S/C24H25N5OS/c1-15-10-11-20(12-16(15)2)26-22(30)14-31-24-27-23-25-17(3)21(18(4)29(23)28-24)13-19-8-6-5-7-9-19/h5-12H,13-14H2,1-4H3,(H,26,30). The van der Waals surface area contributed by atoms with Crippen LogP contribution in [0, 0.1) is 27.7 Å². The van der Waals surface area contributed by atoms with Gasteiger partial charge < -0.3 is 5.32 Å². The lowest BCUT2D eigenvalue weighted by molar-refractivity contribution is -0.113. The number of fused-ring (bicyclic) bond motifs is 1. The number of rotatable bonds is 6. The van der Waals surface area contributed by atoms with Gasteiger partial charge >= 0.3 is 0 Å². The van der Waals surface area contributed by atoms with E-state index >= 15 is 0 Å². The topological polar surface area (TPSA) is 72.2 Å². The molecule has 0 saturated carbocycles. The molecule has 6 nitrogen and oxygen atoms in total. The molecule has 0 bridgehead atoms. The van der Waals surface area contributed by atoms with Crippen molar-refractivity contribution in [3.8, 4) is 0 Å². The number of benzene rings is 2. The molecule has 0 saturated heterocycles. The molecule has 0 aliphatic rings. The second-order valence-electron chi connectivity index (χ2n) is 7.67. The van der Waals surface area contributed by atoms with Crippen molar-refractivity contribution in [2.24, 2.45) is 0 Å². The van der Waals surface area contributed by atoms with Crippen LogP contribution in [-0.2, 0) is 11.2 Å². The molecule has 158 valence electrons. The lowest BCUT2D eigenvalue weighted by atomic mass is 10.0. The number of carbonyl (C=O) groups excluding carboxylic acids is 1. The van der Waals surface area contributed by atoms with E-state index in [0.717, 1.165) is 34.6 Å². The van der Waals surface area contributed by atoms with Crippen LogP contribution in [0.4, 0.5) is 5.69 Å². The van der Waals surface area contributed by atoms with Crippen LogP contribution in [0.5, 0.6) is 0 Å². The summed E-state index contributed by atoms with van der Waals surface area (Å²) in [5.74, 6) is 0.709. The van der Waals surface area contributed by atoms with Crippen LogP contribution >= 0.6 is 11.8 Å². The Balaban J connectivity index is 1.48. The maximum absolute atomic E-state index is 12.4. The first-order chi connectivity index (χ1) is 14.9. The van der Waals surface area contributed by atoms with E-state index < -0.39 is 0 Å². The normalized spacial score (nSPS) is 11.1. The molecular weight excluding hydrogens is 406 g/mol. The van der Waals surface area contributed by atoms with Gasteiger partial charge in [0.15, 0.2) is 0 Å². The van der Waals surface area contributed by atoms with Crippen molar-refractivity contribution in [1.82, 2.24) is 19.6 Å². The van der Waals surface area contributed by atoms with Crippen molar-refractivity contribution in [2.75, 3.05) is 11.1 Å². The fraction of sp³-hybridized carbons (Fsp3) is 0.250. The number of carbonyl (C=O) groups is 1. The van der Waals surface area contributed by atoms with E-state index in [1.807, 2.05) is 57.2 Å². The zero-order chi connectivity index (χ0) is 22.0. The number of amides is 1. The van der Waals surface area contributed by atoms with Gasteiger partial charge in [-0.2, -0.15) is 4.98 Å². The lowest BCUT2D eigenvalue weighted by Crippen LogP contribution is -2.14. The average Bonchev–Trinajstić information content (AvgIpc) is 3.16. The third-order valence-corrected chi connectivity index (χ3v) is 6.21. The summed E-state index contributed by atoms with van der Waals surface area (Å²) in [7, 11) is 0. The van der Waals surface area contributed by atoms with E-state index in [4.69, 9.17) is 0 Å². The van der Waals surface area contributed by atoms with Gasteiger partial charge in [-0.25, -0.2) is 9.50 Å². The van der Waals surface area contributed by atoms with E-state index in [1.165, 1.54) is 22.9 Å². The SMILES string of the molecule is Cc1ccc(NC(=O)CSc2nc3nc(C)c(Cc4ccccc4)c(C)n3n2)cc1C. The molecular formula is C24H25N5OS. The minimum Gasteiger partial charge on any atom is -0.325 e. The van der Waals surface area contributed by atoms with Crippen molar-refractivity contribution in [3.05, 3.63) is 82.2 Å². The van der Waals surface area contributed by atoms with Gasteiger partial charge in [-0.1, -0.05) is 48.2 Å². The maximum atomic E-state index is 12.4. The van der Waals surface area contributed by atoms with Crippen LogP contribution < -0.4 is 5.32 Å². The Morgan fingerprint density at radius 1 is 1.00 bits per heavy atom. The third kappa shape index (κ3) is 4.77. The van der Waals surface area contributed by atoms with Crippen molar-refractivity contribution >= 4 is 29.1 Å². The summed E-state index contributed by atoms with van der Waals surface area (Å²) >= 11 is 1.31. The molecule has 0 spiro atoms. The van der Waals surface area contributed by atoms with E-state index in [9.17, 15) is 4.79 Å². The minimum atomic E-state index is -0.0854. The summed E-state index contributed by atoms with van der Waals surface area (Å²) < 4.78 is 1.77. The van der Waals surface area contributed by atoms with Crippen LogP contribution in [0.1, 0.15) is 33.6 Å². The highest BCUT2D eigenvalue weighted by Gasteiger charge is 2.15. The Morgan fingerprint density at radius 2 is 1.77 bits per heavy atom. The van der Waals surface area contributed by atoms with E-state index in [1.54, 1.807) is 4.52 Å². The van der Waals surface area contributed by atoms with Gasteiger partial charge in [-0.15, -0.1) is 5.10 Å². The van der Waals surface area contributed by atoms with Crippen LogP contribution in [-0.4, -0.2) is 31.2 Å². The van der Waals surface area contributed by atoms with Gasteiger partial charge in [0.2, 0.25) is 11.1 Å². The molecule has 4 aromatic rings. The van der Waals surface area contributed by atoms with Gasteiger partial charge in [-0.05, 0) is 62.1 Å². The van der Waals surface area contributed by atoms with Gasteiger partial charge in [0.05, 0.1) is 5.75 Å². The quantitative estimate of drug-likeness (QED) is 0.449. The zero-order valence-electron chi connectivity index (χ0n) is 18.1. The summed E-state index contributed by atoms with van der Waals surface area (Å²) in [5, 5.41) is 8.06. The summed E-state index contributed by atoms with van der Waals surface area (Å²) in [6.45, 7) is 8.12. The maximum Gasteiger partial charge on any atom is 0.253 e. The fourth-order valence-electron chi connectivity index (χ4n) is 3.45. The van der Waals surface area contributed by atoms with Crippen LogP contribution in [0.3, 0.4) is 0 Å². The van der Waals surface area contributed by atoms with Crippen LogP contribution in [0.2, 0.25) is 0 Å². The van der Waals surface area contributed by atoms with Crippen LogP contribution in [0.25, 0.3) is 5.78 Å². The van der Waals surface area contributed by atoms with Crippen molar-refractivity contribution in [2.45, 2.75) is 39.3 Å². The van der Waals surface area contributed by atoms with E-state index in [-0.39, 0.29) is 11.7 Å². The first-order valence-electron chi connectivity index (χ1n) is 10.2. The predicted molar refractivity (Wildman–Crippen MR) is 125 cm³/mol. The molecule has 31 heavy (non-hydrogen) atoms. The second kappa shape index (κ2) is 8.89. The number of aromatic nitrogens is 4. The lowest BCUT2D eigenvalue weighted by Gasteiger charge is -2.10. The molecule has 0 aliphatic carbocycles. The second-order valence-corrected chi connectivity index (χ2v) is 8.61. The monoisotopic (exact) mass is 431 g/mol. The highest BCUT2D eigenvalue weighted by molar-refractivity contribution is 7.99. The fourth-order valence-corrected chi connectivity index (χ4v) is 4.07. The van der Waals surface area contributed by atoms with E-state index in [2.05, 4.69) is 39.4 Å². The van der Waals surface area contributed by atoms with Gasteiger partial charge in [0, 0.05) is 23.5 Å². The molecule has 0 fully saturated rings. The summed E-state index contributed by atoms with van der Waals surface area (Å²) in [5.41, 5.74) is 7.49. The molecule has 1 amide bonds. The molecule has 0 aliphatic heterocycles. The average molecular weight is 432 g/mol. The summed E-state index contributed by atoms with van der Waals surface area (Å²) in [6, 6.07) is 16.2. The number of nitrogens with one attached hydrogen (secondary N) is 1. The van der Waals surface area contributed by atoms with Gasteiger partial charge in [0.25, 0.3) is 5.78 Å². The van der Waals surface area contributed by atoms with Crippen LogP contribution in [0.15, 0.2) is 53.7 Å². The number of nitrogens with zero attached hydrogens (tertiary/aromatic N) is 4. The van der Waals surface area contributed by atoms with E-state index in [0.29, 0.717) is 10.9 Å². The Morgan fingerprint density at radius 3 is 2.52 bits per heavy atom. The number of thioether (sulfide) groups is 1. The summed E-state index contributed by atoms with van der Waals surface area (Å²) in [4.78, 5) is 21.5. The van der Waals surface area contributed by atoms with Crippen molar-refractivity contribution < 1.29 is 4.79 Å². The molecule has 2 aromatic heterocycles. The first-order valence-corrected chi connectivity index (χ1v) is 11.2. The van der Waals surface area contributed by atoms with Gasteiger partial charge in [0.1, 0.15) is 0 Å². The Hall–Kier alpha value is -3.19. The minimum absolute atomic E-state index is 0.0854. The first kappa shape index (κ1) is 21.1. The number of aryl methyl sites for hydroxylation is 4. The molecule has 0 unspecified atom stereocenters. The van der Waals surface area contributed by atoms with Crippen molar-refractivity contribution in [1.29, 1.82) is 0 Å². The van der Waals surface area contributed by atoms with Crippen molar-refractivity contribution in [3.63, 3.8) is 0 Å². The number of hydrogen-bond acceptors (Lipinski definition) is 5. The number of anilines is 1. The highest BCUT2D eigenvalue weighted by Crippen LogP contribution is 2.21. The molecule has 2 heterocycles. The highest BCUT2D eigenvalue weighted by atomic mass is 32.2. The molecule has 0 radical (unpaired) electrons. The number of hydrogen-bond donors (Lipinski definition) is 1. The smallest absolute Gasteiger partial charge is 0.253 e. The zero-order valence-corrected chi connectivity index (χ0v) is 19.0. The Labute approximate surface area is 186 Å². The molecule has 0 atom stereocenters.